The van der Waals surface area contributed by atoms with Crippen LogP contribution in [0.25, 0.3) is 0 Å². The van der Waals surface area contributed by atoms with Gasteiger partial charge >= 0.3 is 0 Å². The third kappa shape index (κ3) is 3.26. The summed E-state index contributed by atoms with van der Waals surface area (Å²) in [4.78, 5) is 9.73. The van der Waals surface area contributed by atoms with Crippen molar-refractivity contribution in [2.75, 3.05) is 18.5 Å². The summed E-state index contributed by atoms with van der Waals surface area (Å²) < 4.78 is 14.0. The van der Waals surface area contributed by atoms with Crippen LogP contribution in [0.3, 0.4) is 0 Å². The van der Waals surface area contributed by atoms with Gasteiger partial charge in [-0.15, -0.1) is 0 Å². The Kier molecular flexibility index (Phi) is 4.41. The van der Waals surface area contributed by atoms with Gasteiger partial charge in [-0.2, -0.15) is 0 Å². The van der Waals surface area contributed by atoms with Crippen LogP contribution in [0.2, 0.25) is 0 Å². The van der Waals surface area contributed by atoms with E-state index in [2.05, 4.69) is 9.97 Å². The first-order chi connectivity index (χ1) is 9.22. The summed E-state index contributed by atoms with van der Waals surface area (Å²) in [6.45, 7) is 0.322. The van der Waals surface area contributed by atoms with Crippen LogP contribution in [-0.4, -0.2) is 28.7 Å². The molecule has 0 aliphatic carbocycles. The Morgan fingerprint density at radius 3 is 2.63 bits per heavy atom. The minimum absolute atomic E-state index is 0.264. The van der Waals surface area contributed by atoms with E-state index in [1.165, 1.54) is 12.3 Å². The molecule has 0 amide bonds. The number of aliphatic hydroxyl groups is 1. The first-order valence-electron chi connectivity index (χ1n) is 6.06. The Balaban J connectivity index is 2.06. The van der Waals surface area contributed by atoms with Gasteiger partial charge in [0.05, 0.1) is 6.61 Å². The molecule has 0 radical (unpaired) electrons. The van der Waals surface area contributed by atoms with E-state index in [1.807, 2.05) is 12.1 Å². The van der Waals surface area contributed by atoms with Crippen molar-refractivity contribution in [3.8, 4) is 0 Å². The van der Waals surface area contributed by atoms with E-state index in [-0.39, 0.29) is 18.0 Å². The Bertz CT molecular complexity index is 533. The van der Waals surface area contributed by atoms with E-state index in [1.54, 1.807) is 24.3 Å². The van der Waals surface area contributed by atoms with E-state index < -0.39 is 5.82 Å². The number of aliphatic hydroxyl groups excluding tert-OH is 1. The quantitative estimate of drug-likeness (QED) is 0.891. The maximum absolute atomic E-state index is 14.0. The number of hydrogen-bond acceptors (Lipinski definition) is 4. The predicted molar refractivity (Wildman–Crippen MR) is 71.3 cm³/mol. The lowest BCUT2D eigenvalue weighted by Crippen LogP contribution is -2.23. The topological polar surface area (TPSA) is 49.2 Å². The monoisotopic (exact) mass is 261 g/mol. The zero-order valence-electron chi connectivity index (χ0n) is 10.8. The molecule has 5 heteroatoms. The minimum atomic E-state index is -0.456. The second-order valence-electron chi connectivity index (χ2n) is 4.29. The van der Waals surface area contributed by atoms with Crippen LogP contribution in [0, 0.1) is 5.82 Å². The summed E-state index contributed by atoms with van der Waals surface area (Å²) in [5.74, 6) is -0.192. The largest absolute Gasteiger partial charge is 0.392 e. The average molecular weight is 261 g/mol. The van der Waals surface area contributed by atoms with Gasteiger partial charge in [0.2, 0.25) is 0 Å². The fourth-order valence-corrected chi connectivity index (χ4v) is 1.81. The molecular weight excluding hydrogens is 245 g/mol. The Morgan fingerprint density at radius 1 is 1.21 bits per heavy atom. The third-order valence-electron chi connectivity index (χ3n) is 2.97. The van der Waals surface area contributed by atoms with Crippen LogP contribution in [0.1, 0.15) is 11.1 Å². The molecular formula is C14H16FN3O. The first-order valence-corrected chi connectivity index (χ1v) is 6.06. The zero-order chi connectivity index (χ0) is 13.7. The van der Waals surface area contributed by atoms with Gasteiger partial charge in [0, 0.05) is 37.7 Å². The number of pyridine rings is 2. The highest BCUT2D eigenvalue weighted by molar-refractivity contribution is 5.42. The van der Waals surface area contributed by atoms with Gasteiger partial charge in [-0.3, -0.25) is 4.98 Å². The number of halogens is 1. The number of aromatic nitrogens is 2. The van der Waals surface area contributed by atoms with Crippen LogP contribution in [-0.2, 0) is 13.0 Å². The number of nitrogens with zero attached hydrogens (tertiary/aromatic N) is 3. The predicted octanol–water partition coefficient (Wildman–Crippen LogP) is 1.79. The molecule has 0 fully saturated rings. The van der Waals surface area contributed by atoms with Crippen LogP contribution in [0.5, 0.6) is 0 Å². The van der Waals surface area contributed by atoms with Gasteiger partial charge in [0.15, 0.2) is 11.6 Å². The van der Waals surface area contributed by atoms with Crippen molar-refractivity contribution in [1.29, 1.82) is 0 Å². The van der Waals surface area contributed by atoms with Crippen LogP contribution in [0.15, 0.2) is 36.8 Å². The van der Waals surface area contributed by atoms with Crippen molar-refractivity contribution >= 4 is 5.82 Å². The third-order valence-corrected chi connectivity index (χ3v) is 2.97. The molecule has 0 saturated carbocycles. The molecule has 2 rings (SSSR count). The van der Waals surface area contributed by atoms with Gasteiger partial charge < -0.3 is 10.0 Å². The van der Waals surface area contributed by atoms with Gasteiger partial charge in [0.25, 0.3) is 0 Å². The van der Waals surface area contributed by atoms with Gasteiger partial charge in [-0.1, -0.05) is 0 Å². The number of hydrogen-bond donors (Lipinski definition) is 1. The van der Waals surface area contributed by atoms with E-state index >= 15 is 0 Å². The molecule has 0 bridgehead atoms. The normalized spacial score (nSPS) is 10.5. The van der Waals surface area contributed by atoms with Gasteiger partial charge in [-0.25, -0.2) is 9.37 Å². The van der Waals surface area contributed by atoms with Crippen molar-refractivity contribution in [2.45, 2.75) is 13.0 Å². The molecule has 2 aromatic rings. The molecule has 100 valence electrons. The Hall–Kier alpha value is -2.01. The molecule has 0 unspecified atom stereocenters. The first kappa shape index (κ1) is 13.4. The molecule has 4 nitrogen and oxygen atoms in total. The Labute approximate surface area is 111 Å². The smallest absolute Gasteiger partial charge is 0.171 e. The summed E-state index contributed by atoms with van der Waals surface area (Å²) in [5.41, 5.74) is 1.40. The molecule has 0 atom stereocenters. The fourth-order valence-electron chi connectivity index (χ4n) is 1.81. The lowest BCUT2D eigenvalue weighted by atomic mass is 10.2. The highest BCUT2D eigenvalue weighted by atomic mass is 19.1. The van der Waals surface area contributed by atoms with Crippen molar-refractivity contribution < 1.29 is 9.50 Å². The molecule has 0 aromatic carbocycles. The zero-order valence-corrected chi connectivity index (χ0v) is 10.8. The summed E-state index contributed by atoms with van der Waals surface area (Å²) in [7, 11) is 1.79. The molecule has 0 aliphatic heterocycles. The van der Waals surface area contributed by atoms with E-state index in [9.17, 15) is 4.39 Å². The molecule has 1 N–H and O–H groups in total. The lowest BCUT2D eigenvalue weighted by molar-refractivity contribution is 0.275. The average Bonchev–Trinajstić information content (AvgIpc) is 2.46. The summed E-state index contributed by atoms with van der Waals surface area (Å²) in [6.07, 6.45) is 5.76. The van der Waals surface area contributed by atoms with Gasteiger partial charge in [-0.05, 0) is 30.2 Å². The van der Waals surface area contributed by atoms with Crippen molar-refractivity contribution in [3.05, 3.63) is 53.7 Å². The minimum Gasteiger partial charge on any atom is -0.392 e. The summed E-state index contributed by atoms with van der Waals surface area (Å²) in [5, 5.41) is 9.04. The molecule has 0 saturated heterocycles. The maximum atomic E-state index is 14.0. The second kappa shape index (κ2) is 6.24. The summed E-state index contributed by atoms with van der Waals surface area (Å²) >= 11 is 0. The molecule has 2 aromatic heterocycles. The fraction of sp³-hybridized carbons (Fsp3) is 0.286. The van der Waals surface area contributed by atoms with Crippen LogP contribution < -0.4 is 4.90 Å². The number of rotatable bonds is 5. The van der Waals surface area contributed by atoms with Crippen molar-refractivity contribution in [1.82, 2.24) is 9.97 Å². The van der Waals surface area contributed by atoms with Crippen molar-refractivity contribution in [2.24, 2.45) is 0 Å². The SMILES string of the molecule is CN(CCc1ccncc1)c1nccc(CO)c1F. The van der Waals surface area contributed by atoms with Gasteiger partial charge in [0.1, 0.15) is 0 Å². The summed E-state index contributed by atoms with van der Waals surface area (Å²) in [6, 6.07) is 5.35. The van der Waals surface area contributed by atoms with E-state index in [0.29, 0.717) is 6.54 Å². The standard InChI is InChI=1S/C14H16FN3O/c1-18(9-5-11-2-6-16-7-3-11)14-13(15)12(10-19)4-8-17-14/h2-4,6-8,19H,5,9-10H2,1H3. The highest BCUT2D eigenvalue weighted by Crippen LogP contribution is 2.18. The maximum Gasteiger partial charge on any atom is 0.171 e. The van der Waals surface area contributed by atoms with Crippen LogP contribution in [0.4, 0.5) is 10.2 Å². The highest BCUT2D eigenvalue weighted by Gasteiger charge is 2.12. The Morgan fingerprint density at radius 2 is 1.95 bits per heavy atom. The van der Waals surface area contributed by atoms with Crippen LogP contribution >= 0.6 is 0 Å². The van der Waals surface area contributed by atoms with E-state index in [0.717, 1.165) is 12.0 Å². The number of anilines is 1. The number of likely N-dealkylation sites (N-methyl/N-ethyl adjacent to an activating group) is 1. The molecule has 0 aliphatic rings. The van der Waals surface area contributed by atoms with Crippen molar-refractivity contribution in [3.63, 3.8) is 0 Å². The lowest BCUT2D eigenvalue weighted by Gasteiger charge is -2.19. The second-order valence-corrected chi connectivity index (χ2v) is 4.29. The molecule has 2 heterocycles. The van der Waals surface area contributed by atoms with E-state index in [4.69, 9.17) is 5.11 Å². The molecule has 19 heavy (non-hydrogen) atoms. The molecule has 0 spiro atoms.